The fourth-order valence-corrected chi connectivity index (χ4v) is 1.97. The van der Waals surface area contributed by atoms with E-state index >= 15 is 0 Å². The third-order valence-electron chi connectivity index (χ3n) is 2.49. The summed E-state index contributed by atoms with van der Waals surface area (Å²) in [7, 11) is 1.45. The fraction of sp³-hybridized carbons (Fsp3) is 0.250. The van der Waals surface area contributed by atoms with Gasteiger partial charge in [-0.25, -0.2) is 9.37 Å². The molecule has 1 heterocycles. The Kier molecular flexibility index (Phi) is 3.38. The molecule has 0 saturated carbocycles. The minimum absolute atomic E-state index is 0.111. The average molecular weight is 265 g/mol. The number of H-pyrrole nitrogens is 1. The highest BCUT2D eigenvalue weighted by Gasteiger charge is 2.12. The summed E-state index contributed by atoms with van der Waals surface area (Å²) in [6, 6.07) is 3.54. The molecule has 0 aliphatic rings. The molecule has 0 saturated heterocycles. The molecule has 1 N–H and O–H groups in total. The number of ether oxygens (including phenoxy) is 1. The van der Waals surface area contributed by atoms with Crippen molar-refractivity contribution in [2.45, 2.75) is 13.8 Å². The van der Waals surface area contributed by atoms with Gasteiger partial charge in [0.05, 0.1) is 12.7 Å². The zero-order valence-electron chi connectivity index (χ0n) is 10.2. The van der Waals surface area contributed by atoms with Crippen LogP contribution in [0.4, 0.5) is 4.39 Å². The van der Waals surface area contributed by atoms with Gasteiger partial charge in [0, 0.05) is 0 Å². The Balaban J connectivity index is 2.69. The number of aromatic amines is 1. The Morgan fingerprint density at radius 1 is 1.28 bits per heavy atom. The van der Waals surface area contributed by atoms with Gasteiger partial charge in [0.2, 0.25) is 4.77 Å². The van der Waals surface area contributed by atoms with Crippen LogP contribution in [-0.4, -0.2) is 22.1 Å². The Morgan fingerprint density at radius 3 is 2.61 bits per heavy atom. The minimum Gasteiger partial charge on any atom is -0.468 e. The quantitative estimate of drug-likeness (QED) is 0.848. The second-order valence-corrected chi connectivity index (χ2v) is 4.29. The summed E-state index contributed by atoms with van der Waals surface area (Å²) in [4.78, 5) is 10.7. The van der Waals surface area contributed by atoms with Crippen molar-refractivity contribution in [2.75, 3.05) is 7.11 Å². The summed E-state index contributed by atoms with van der Waals surface area (Å²) in [5, 5.41) is 0. The Bertz CT molecular complexity index is 631. The number of aromatic nitrogens is 3. The van der Waals surface area contributed by atoms with Gasteiger partial charge in [-0.1, -0.05) is 6.07 Å². The van der Waals surface area contributed by atoms with Crippen molar-refractivity contribution in [2.24, 2.45) is 0 Å². The van der Waals surface area contributed by atoms with Crippen molar-refractivity contribution in [1.82, 2.24) is 15.0 Å². The lowest BCUT2D eigenvalue weighted by atomic mass is 10.0. The first-order valence-corrected chi connectivity index (χ1v) is 5.71. The number of nitrogens with one attached hydrogen (secondary N) is 1. The van der Waals surface area contributed by atoms with Crippen LogP contribution in [0.2, 0.25) is 0 Å². The molecule has 0 bridgehead atoms. The van der Waals surface area contributed by atoms with E-state index in [4.69, 9.17) is 17.0 Å². The average Bonchev–Trinajstić information content (AvgIpc) is 2.26. The standard InChI is InChI=1S/C12H12FN3OS/c1-6-4-7(2)9(8(13)5-6)10-14-11(17-3)16-12(18)15-10/h4-5H,1-3H3,(H,14,15,16,18). The number of rotatable bonds is 2. The van der Waals surface area contributed by atoms with Gasteiger partial charge in [0.15, 0.2) is 0 Å². The smallest absolute Gasteiger partial charge is 0.297 e. The predicted molar refractivity (Wildman–Crippen MR) is 68.6 cm³/mol. The lowest BCUT2D eigenvalue weighted by molar-refractivity contribution is 0.378. The van der Waals surface area contributed by atoms with Gasteiger partial charge in [-0.3, -0.25) is 4.98 Å². The van der Waals surface area contributed by atoms with E-state index in [0.717, 1.165) is 11.1 Å². The molecule has 1 aromatic heterocycles. The predicted octanol–water partition coefficient (Wildman–Crippen LogP) is 2.97. The Hall–Kier alpha value is -1.82. The van der Waals surface area contributed by atoms with Crippen LogP contribution in [0.3, 0.4) is 0 Å². The van der Waals surface area contributed by atoms with Gasteiger partial charge < -0.3 is 4.74 Å². The summed E-state index contributed by atoms with van der Waals surface area (Å²) >= 11 is 4.92. The molecule has 94 valence electrons. The van der Waals surface area contributed by atoms with Crippen molar-refractivity contribution in [1.29, 1.82) is 0 Å². The molecule has 0 aliphatic carbocycles. The van der Waals surface area contributed by atoms with E-state index in [9.17, 15) is 4.39 Å². The molecule has 0 atom stereocenters. The number of aryl methyl sites for hydroxylation is 2. The molecule has 4 nitrogen and oxygen atoms in total. The van der Waals surface area contributed by atoms with E-state index in [2.05, 4.69) is 15.0 Å². The molecule has 0 unspecified atom stereocenters. The van der Waals surface area contributed by atoms with E-state index in [1.54, 1.807) is 0 Å². The van der Waals surface area contributed by atoms with Crippen LogP contribution in [0, 0.1) is 24.4 Å². The first kappa shape index (κ1) is 12.6. The maximum Gasteiger partial charge on any atom is 0.297 e. The fourth-order valence-electron chi connectivity index (χ4n) is 1.80. The molecule has 2 rings (SSSR count). The minimum atomic E-state index is -0.348. The van der Waals surface area contributed by atoms with Gasteiger partial charge >= 0.3 is 0 Å². The molecule has 0 spiro atoms. The summed E-state index contributed by atoms with van der Waals surface area (Å²) in [6.45, 7) is 3.65. The zero-order chi connectivity index (χ0) is 13.3. The molecule has 0 fully saturated rings. The molecular weight excluding hydrogens is 253 g/mol. The third kappa shape index (κ3) is 2.38. The molecule has 1 aromatic carbocycles. The molecule has 0 radical (unpaired) electrons. The molecular formula is C12H12FN3OS. The summed E-state index contributed by atoms with van der Waals surface area (Å²) in [6.07, 6.45) is 0. The lowest BCUT2D eigenvalue weighted by Crippen LogP contribution is -2.01. The molecule has 18 heavy (non-hydrogen) atoms. The van der Waals surface area contributed by atoms with Crippen LogP contribution in [0.5, 0.6) is 6.01 Å². The van der Waals surface area contributed by atoms with Gasteiger partial charge in [-0.05, 0) is 43.3 Å². The number of hydrogen-bond acceptors (Lipinski definition) is 4. The van der Waals surface area contributed by atoms with E-state index < -0.39 is 0 Å². The lowest BCUT2D eigenvalue weighted by Gasteiger charge is -2.09. The molecule has 0 amide bonds. The largest absolute Gasteiger partial charge is 0.468 e. The van der Waals surface area contributed by atoms with E-state index in [1.165, 1.54) is 13.2 Å². The number of methoxy groups -OCH3 is 1. The van der Waals surface area contributed by atoms with Gasteiger partial charge in [-0.15, -0.1) is 0 Å². The highest BCUT2D eigenvalue weighted by Crippen LogP contribution is 2.25. The molecule has 0 aliphatic heterocycles. The van der Waals surface area contributed by atoms with E-state index in [-0.39, 0.29) is 16.6 Å². The summed E-state index contributed by atoms with van der Waals surface area (Å²) < 4.78 is 19.1. The van der Waals surface area contributed by atoms with Crippen LogP contribution in [0.25, 0.3) is 11.4 Å². The first-order chi connectivity index (χ1) is 8.51. The number of halogens is 1. The normalized spacial score (nSPS) is 10.4. The second kappa shape index (κ2) is 4.81. The Morgan fingerprint density at radius 2 is 2.00 bits per heavy atom. The van der Waals surface area contributed by atoms with Crippen LogP contribution in [-0.2, 0) is 0 Å². The maximum absolute atomic E-state index is 14.0. The summed E-state index contributed by atoms with van der Waals surface area (Å²) in [5.41, 5.74) is 2.01. The van der Waals surface area contributed by atoms with Crippen molar-refractivity contribution >= 4 is 12.2 Å². The van der Waals surface area contributed by atoms with E-state index in [1.807, 2.05) is 19.9 Å². The van der Waals surface area contributed by atoms with Crippen LogP contribution in [0.15, 0.2) is 12.1 Å². The second-order valence-electron chi connectivity index (χ2n) is 3.93. The highest BCUT2D eigenvalue weighted by molar-refractivity contribution is 7.71. The monoisotopic (exact) mass is 265 g/mol. The van der Waals surface area contributed by atoms with Crippen molar-refractivity contribution in [3.63, 3.8) is 0 Å². The van der Waals surface area contributed by atoms with Gasteiger partial charge in [-0.2, -0.15) is 4.98 Å². The number of nitrogens with zero attached hydrogens (tertiary/aromatic N) is 2. The third-order valence-corrected chi connectivity index (χ3v) is 2.67. The SMILES string of the molecule is COc1nc(=S)nc(-c2c(C)cc(C)cc2F)[nH]1. The van der Waals surface area contributed by atoms with Crippen molar-refractivity contribution in [3.8, 4) is 17.4 Å². The van der Waals surface area contributed by atoms with Crippen molar-refractivity contribution < 1.29 is 9.13 Å². The van der Waals surface area contributed by atoms with Crippen LogP contribution < -0.4 is 4.74 Å². The van der Waals surface area contributed by atoms with Gasteiger partial charge in [0.25, 0.3) is 6.01 Å². The van der Waals surface area contributed by atoms with Crippen LogP contribution >= 0.6 is 12.2 Å². The molecule has 2 aromatic rings. The zero-order valence-corrected chi connectivity index (χ0v) is 11.1. The number of benzene rings is 1. The highest BCUT2D eigenvalue weighted by atomic mass is 32.1. The molecule has 6 heteroatoms. The topological polar surface area (TPSA) is 50.8 Å². The number of hydrogen-bond donors (Lipinski definition) is 1. The van der Waals surface area contributed by atoms with Crippen molar-refractivity contribution in [3.05, 3.63) is 33.8 Å². The first-order valence-electron chi connectivity index (χ1n) is 5.30. The van der Waals surface area contributed by atoms with Gasteiger partial charge in [0.1, 0.15) is 11.6 Å². The summed E-state index contributed by atoms with van der Waals surface area (Å²) in [5.74, 6) is -0.0271. The Labute approximate surface area is 109 Å². The van der Waals surface area contributed by atoms with Crippen LogP contribution in [0.1, 0.15) is 11.1 Å². The van der Waals surface area contributed by atoms with E-state index in [0.29, 0.717) is 11.4 Å². The maximum atomic E-state index is 14.0.